The molecule has 2 rings (SSSR count). The number of carbonyl (C=O) groups is 1. The van der Waals surface area contributed by atoms with E-state index in [1.165, 1.54) is 5.56 Å². The normalized spacial score (nSPS) is 10.6. The Morgan fingerprint density at radius 2 is 1.95 bits per heavy atom. The van der Waals surface area contributed by atoms with E-state index in [1.807, 2.05) is 49.4 Å². The molecule has 1 amide bonds. The third-order valence-corrected chi connectivity index (χ3v) is 3.53. The van der Waals surface area contributed by atoms with Crippen molar-refractivity contribution in [1.82, 2.24) is 4.90 Å². The van der Waals surface area contributed by atoms with Gasteiger partial charge in [0.2, 0.25) is 5.91 Å². The maximum atomic E-state index is 12.5. The molecule has 0 radical (unpaired) electrons. The molecular weight excluding hydrogens is 278 g/mol. The Bertz CT molecular complexity index is 577. The minimum Gasteiger partial charge on any atom is -0.464 e. The molecule has 1 aromatic carbocycles. The van der Waals surface area contributed by atoms with Gasteiger partial charge in [-0.05, 0) is 31.0 Å². The van der Waals surface area contributed by atoms with Gasteiger partial charge in [0.15, 0.2) is 0 Å². The van der Waals surface area contributed by atoms with Crippen molar-refractivity contribution in [3.63, 3.8) is 0 Å². The average Bonchev–Trinajstić information content (AvgIpc) is 2.95. The molecule has 22 heavy (non-hydrogen) atoms. The number of rotatable bonds is 8. The van der Waals surface area contributed by atoms with E-state index in [1.54, 1.807) is 12.0 Å². The summed E-state index contributed by atoms with van der Waals surface area (Å²) < 4.78 is 10.7. The number of aryl methyl sites for hydroxylation is 2. The van der Waals surface area contributed by atoms with E-state index < -0.39 is 0 Å². The van der Waals surface area contributed by atoms with Gasteiger partial charge in [0.25, 0.3) is 0 Å². The first-order valence-electron chi connectivity index (χ1n) is 7.55. The summed E-state index contributed by atoms with van der Waals surface area (Å²) in [7, 11) is 1.64. The first-order valence-corrected chi connectivity index (χ1v) is 7.55. The summed E-state index contributed by atoms with van der Waals surface area (Å²) in [6.07, 6.45) is 1.24. The SMILES string of the molecule is COCCN(Cc1ccc(C)o1)C(=O)CCc1ccccc1. The Labute approximate surface area is 131 Å². The van der Waals surface area contributed by atoms with Crippen molar-refractivity contribution < 1.29 is 13.9 Å². The zero-order chi connectivity index (χ0) is 15.8. The van der Waals surface area contributed by atoms with Crippen molar-refractivity contribution in [2.75, 3.05) is 20.3 Å². The number of ether oxygens (including phenoxy) is 1. The molecular formula is C18H23NO3. The fourth-order valence-corrected chi connectivity index (χ4v) is 2.31. The highest BCUT2D eigenvalue weighted by Gasteiger charge is 2.15. The van der Waals surface area contributed by atoms with Gasteiger partial charge in [-0.3, -0.25) is 4.79 Å². The van der Waals surface area contributed by atoms with Crippen molar-refractivity contribution in [1.29, 1.82) is 0 Å². The van der Waals surface area contributed by atoms with Crippen LogP contribution in [0.5, 0.6) is 0 Å². The summed E-state index contributed by atoms with van der Waals surface area (Å²) >= 11 is 0. The molecule has 0 atom stereocenters. The van der Waals surface area contributed by atoms with Crippen LogP contribution in [0, 0.1) is 6.92 Å². The number of methoxy groups -OCH3 is 1. The highest BCUT2D eigenvalue weighted by atomic mass is 16.5. The summed E-state index contributed by atoms with van der Waals surface area (Å²) in [5.74, 6) is 1.79. The van der Waals surface area contributed by atoms with Crippen LogP contribution >= 0.6 is 0 Å². The van der Waals surface area contributed by atoms with E-state index >= 15 is 0 Å². The molecule has 0 aliphatic heterocycles. The highest BCUT2D eigenvalue weighted by molar-refractivity contribution is 5.76. The Kier molecular flexibility index (Phi) is 6.22. The van der Waals surface area contributed by atoms with Gasteiger partial charge in [-0.25, -0.2) is 0 Å². The van der Waals surface area contributed by atoms with E-state index in [2.05, 4.69) is 0 Å². The molecule has 118 valence electrons. The molecule has 1 heterocycles. The molecule has 2 aromatic rings. The quantitative estimate of drug-likeness (QED) is 0.752. The molecule has 0 aliphatic rings. The van der Waals surface area contributed by atoms with Gasteiger partial charge in [0.05, 0.1) is 13.2 Å². The smallest absolute Gasteiger partial charge is 0.223 e. The first-order chi connectivity index (χ1) is 10.7. The van der Waals surface area contributed by atoms with Gasteiger partial charge in [-0.1, -0.05) is 30.3 Å². The van der Waals surface area contributed by atoms with Crippen LogP contribution in [-0.4, -0.2) is 31.1 Å². The topological polar surface area (TPSA) is 42.7 Å². The van der Waals surface area contributed by atoms with E-state index in [4.69, 9.17) is 9.15 Å². The van der Waals surface area contributed by atoms with E-state index in [0.29, 0.717) is 26.1 Å². The molecule has 0 fully saturated rings. The second-order valence-corrected chi connectivity index (χ2v) is 5.31. The molecule has 0 aliphatic carbocycles. The zero-order valence-electron chi connectivity index (χ0n) is 13.2. The third-order valence-electron chi connectivity index (χ3n) is 3.53. The van der Waals surface area contributed by atoms with Crippen LogP contribution in [0.4, 0.5) is 0 Å². The second-order valence-electron chi connectivity index (χ2n) is 5.31. The molecule has 4 heteroatoms. The van der Waals surface area contributed by atoms with Crippen LogP contribution in [0.1, 0.15) is 23.5 Å². The van der Waals surface area contributed by atoms with Gasteiger partial charge >= 0.3 is 0 Å². The largest absolute Gasteiger partial charge is 0.464 e. The minimum absolute atomic E-state index is 0.120. The predicted molar refractivity (Wildman–Crippen MR) is 85.5 cm³/mol. The van der Waals surface area contributed by atoms with Gasteiger partial charge in [-0.2, -0.15) is 0 Å². The Balaban J connectivity index is 1.93. The third kappa shape index (κ3) is 5.04. The molecule has 1 aromatic heterocycles. The maximum absolute atomic E-state index is 12.5. The van der Waals surface area contributed by atoms with E-state index in [-0.39, 0.29) is 5.91 Å². The highest BCUT2D eigenvalue weighted by Crippen LogP contribution is 2.12. The number of carbonyl (C=O) groups excluding carboxylic acids is 1. The summed E-state index contributed by atoms with van der Waals surface area (Å²) in [6, 6.07) is 13.9. The van der Waals surface area contributed by atoms with Gasteiger partial charge in [-0.15, -0.1) is 0 Å². The molecule has 0 saturated carbocycles. The maximum Gasteiger partial charge on any atom is 0.223 e. The Morgan fingerprint density at radius 3 is 2.59 bits per heavy atom. The van der Waals surface area contributed by atoms with Gasteiger partial charge in [0.1, 0.15) is 11.5 Å². The predicted octanol–water partition coefficient (Wildman–Crippen LogP) is 3.20. The summed E-state index contributed by atoms with van der Waals surface area (Å²) in [6.45, 7) is 3.49. The lowest BCUT2D eigenvalue weighted by molar-refractivity contribution is -0.132. The van der Waals surface area contributed by atoms with Crippen LogP contribution in [-0.2, 0) is 22.5 Å². The Hall–Kier alpha value is -2.07. The molecule has 0 unspecified atom stereocenters. The lowest BCUT2D eigenvalue weighted by Gasteiger charge is -2.21. The number of benzene rings is 1. The number of furan rings is 1. The zero-order valence-corrected chi connectivity index (χ0v) is 13.2. The van der Waals surface area contributed by atoms with Gasteiger partial charge in [0, 0.05) is 20.1 Å². The van der Waals surface area contributed by atoms with Crippen LogP contribution in [0.2, 0.25) is 0 Å². The second kappa shape index (κ2) is 8.39. The summed E-state index contributed by atoms with van der Waals surface area (Å²) in [5.41, 5.74) is 1.18. The van der Waals surface area contributed by atoms with Crippen LogP contribution in [0.15, 0.2) is 46.9 Å². The number of hydrogen-bond acceptors (Lipinski definition) is 3. The van der Waals surface area contributed by atoms with Crippen molar-refractivity contribution >= 4 is 5.91 Å². The number of hydrogen-bond donors (Lipinski definition) is 0. The van der Waals surface area contributed by atoms with Crippen molar-refractivity contribution in [2.24, 2.45) is 0 Å². The average molecular weight is 301 g/mol. The first kappa shape index (κ1) is 16.3. The van der Waals surface area contributed by atoms with E-state index in [0.717, 1.165) is 17.9 Å². The molecule has 0 bridgehead atoms. The lowest BCUT2D eigenvalue weighted by atomic mass is 10.1. The van der Waals surface area contributed by atoms with Gasteiger partial charge < -0.3 is 14.1 Å². The van der Waals surface area contributed by atoms with Crippen molar-refractivity contribution in [2.45, 2.75) is 26.3 Å². The van der Waals surface area contributed by atoms with Crippen LogP contribution < -0.4 is 0 Å². The fourth-order valence-electron chi connectivity index (χ4n) is 2.31. The number of nitrogens with zero attached hydrogens (tertiary/aromatic N) is 1. The fraction of sp³-hybridized carbons (Fsp3) is 0.389. The molecule has 0 N–H and O–H groups in total. The summed E-state index contributed by atoms with van der Waals surface area (Å²) in [5, 5.41) is 0. The molecule has 4 nitrogen and oxygen atoms in total. The monoisotopic (exact) mass is 301 g/mol. The van der Waals surface area contributed by atoms with Crippen molar-refractivity contribution in [3.05, 3.63) is 59.5 Å². The standard InChI is InChI=1S/C18H23NO3/c1-15-8-10-17(22-15)14-19(12-13-21-2)18(20)11-9-16-6-4-3-5-7-16/h3-8,10H,9,11-14H2,1-2H3. The summed E-state index contributed by atoms with van der Waals surface area (Å²) in [4.78, 5) is 14.3. The lowest BCUT2D eigenvalue weighted by Crippen LogP contribution is -2.33. The van der Waals surface area contributed by atoms with Crippen LogP contribution in [0.25, 0.3) is 0 Å². The molecule has 0 spiro atoms. The Morgan fingerprint density at radius 1 is 1.18 bits per heavy atom. The van der Waals surface area contributed by atoms with Crippen LogP contribution in [0.3, 0.4) is 0 Å². The number of amides is 1. The minimum atomic E-state index is 0.120. The van der Waals surface area contributed by atoms with Crippen molar-refractivity contribution in [3.8, 4) is 0 Å². The molecule has 0 saturated heterocycles. The van der Waals surface area contributed by atoms with E-state index in [9.17, 15) is 4.79 Å².